The van der Waals surface area contributed by atoms with Crippen LogP contribution in [0.4, 0.5) is 0 Å². The van der Waals surface area contributed by atoms with Crippen LogP contribution in [0.15, 0.2) is 28.7 Å². The molecule has 19 heavy (non-hydrogen) atoms. The molecule has 0 saturated carbocycles. The zero-order valence-corrected chi connectivity index (χ0v) is 12.0. The molecule has 0 fully saturated rings. The molecule has 2 rings (SSSR count). The average Bonchev–Trinajstić information content (AvgIpc) is 2.85. The van der Waals surface area contributed by atoms with Gasteiger partial charge in [0.25, 0.3) is 0 Å². The molecule has 2 aromatic rings. The van der Waals surface area contributed by atoms with Crippen molar-refractivity contribution in [3.63, 3.8) is 0 Å². The van der Waals surface area contributed by atoms with E-state index in [0.29, 0.717) is 6.04 Å². The van der Waals surface area contributed by atoms with Gasteiger partial charge in [-0.25, -0.2) is 0 Å². The minimum atomic E-state index is 0.305. The minimum Gasteiger partial charge on any atom is -0.459 e. The Morgan fingerprint density at radius 3 is 2.79 bits per heavy atom. The van der Waals surface area contributed by atoms with E-state index >= 15 is 0 Å². The summed E-state index contributed by atoms with van der Waals surface area (Å²) >= 11 is 0. The first-order valence-electron chi connectivity index (χ1n) is 7.03. The summed E-state index contributed by atoms with van der Waals surface area (Å²) in [6, 6.07) is 8.83. The van der Waals surface area contributed by atoms with Gasteiger partial charge in [-0.1, -0.05) is 19.9 Å². The summed E-state index contributed by atoms with van der Waals surface area (Å²) in [5, 5.41) is 4.63. The maximum absolute atomic E-state index is 5.94. The zero-order valence-electron chi connectivity index (χ0n) is 12.0. The smallest absolute Gasteiger partial charge is 0.134 e. The number of hydrogen-bond acceptors (Lipinski definition) is 3. The summed E-state index contributed by atoms with van der Waals surface area (Å²) in [5.74, 6) is 1.03. The average molecular weight is 261 g/mol. The van der Waals surface area contributed by atoms with Gasteiger partial charge in [0, 0.05) is 12.5 Å². The molecule has 1 unspecified atom stereocenters. The van der Waals surface area contributed by atoms with Crippen molar-refractivity contribution < 1.29 is 9.15 Å². The van der Waals surface area contributed by atoms with Crippen molar-refractivity contribution in [3.05, 3.63) is 35.6 Å². The Bertz CT molecular complexity index is 518. The van der Waals surface area contributed by atoms with Gasteiger partial charge in [-0.2, -0.15) is 0 Å². The summed E-state index contributed by atoms with van der Waals surface area (Å²) in [6.45, 7) is 6.00. The van der Waals surface area contributed by atoms with Crippen LogP contribution in [0.5, 0.6) is 0 Å². The van der Waals surface area contributed by atoms with Crippen molar-refractivity contribution in [3.8, 4) is 0 Å². The fraction of sp³-hybridized carbons (Fsp3) is 0.500. The fourth-order valence-electron chi connectivity index (χ4n) is 2.35. The quantitative estimate of drug-likeness (QED) is 0.825. The molecule has 0 saturated heterocycles. The summed E-state index contributed by atoms with van der Waals surface area (Å²) in [7, 11) is 1.73. The molecule has 1 atom stereocenters. The molecular formula is C16H23NO2. The lowest BCUT2D eigenvalue weighted by molar-refractivity contribution is 0.202. The maximum Gasteiger partial charge on any atom is 0.134 e. The topological polar surface area (TPSA) is 34.4 Å². The van der Waals surface area contributed by atoms with Crippen molar-refractivity contribution >= 4 is 11.0 Å². The van der Waals surface area contributed by atoms with E-state index < -0.39 is 0 Å². The third-order valence-electron chi connectivity index (χ3n) is 3.40. The van der Waals surface area contributed by atoms with Crippen LogP contribution in [0, 0.1) is 0 Å². The Morgan fingerprint density at radius 2 is 2.11 bits per heavy atom. The van der Waals surface area contributed by atoms with E-state index in [0.717, 1.165) is 37.3 Å². The highest BCUT2D eigenvalue weighted by atomic mass is 16.5. The van der Waals surface area contributed by atoms with Crippen molar-refractivity contribution in [1.29, 1.82) is 0 Å². The molecule has 0 bridgehead atoms. The van der Waals surface area contributed by atoms with Gasteiger partial charge in [0.1, 0.15) is 11.3 Å². The van der Waals surface area contributed by atoms with Crippen LogP contribution in [0.3, 0.4) is 0 Å². The molecule has 3 nitrogen and oxygen atoms in total. The number of fused-ring (bicyclic) bond motifs is 1. The fourth-order valence-corrected chi connectivity index (χ4v) is 2.35. The van der Waals surface area contributed by atoms with Crippen LogP contribution < -0.4 is 5.32 Å². The second-order valence-corrected chi connectivity index (χ2v) is 4.78. The molecule has 104 valence electrons. The van der Waals surface area contributed by atoms with E-state index in [4.69, 9.17) is 9.15 Å². The summed E-state index contributed by atoms with van der Waals surface area (Å²) in [5.41, 5.74) is 2.26. The molecule has 1 N–H and O–H groups in total. The van der Waals surface area contributed by atoms with E-state index in [2.05, 4.69) is 43.4 Å². The molecule has 0 aliphatic rings. The molecule has 0 spiro atoms. The van der Waals surface area contributed by atoms with Gasteiger partial charge in [-0.3, -0.25) is 0 Å². The molecule has 0 aliphatic carbocycles. The largest absolute Gasteiger partial charge is 0.459 e. The maximum atomic E-state index is 5.94. The number of methoxy groups -OCH3 is 1. The Morgan fingerprint density at radius 1 is 1.26 bits per heavy atom. The lowest BCUT2D eigenvalue weighted by Gasteiger charge is -2.11. The predicted molar refractivity (Wildman–Crippen MR) is 78.5 cm³/mol. The monoisotopic (exact) mass is 261 g/mol. The molecule has 1 aromatic carbocycles. The van der Waals surface area contributed by atoms with Gasteiger partial charge in [-0.05, 0) is 43.1 Å². The second kappa shape index (κ2) is 6.73. The van der Waals surface area contributed by atoms with Crippen LogP contribution >= 0.6 is 0 Å². The van der Waals surface area contributed by atoms with Gasteiger partial charge in [-0.15, -0.1) is 0 Å². The van der Waals surface area contributed by atoms with Crippen molar-refractivity contribution in [2.24, 2.45) is 0 Å². The van der Waals surface area contributed by atoms with Crippen LogP contribution in [0.25, 0.3) is 11.0 Å². The first kappa shape index (κ1) is 14.1. The van der Waals surface area contributed by atoms with Crippen molar-refractivity contribution in [2.45, 2.75) is 32.7 Å². The van der Waals surface area contributed by atoms with Crippen LogP contribution in [-0.4, -0.2) is 20.3 Å². The Kier molecular flexibility index (Phi) is 5.00. The van der Waals surface area contributed by atoms with Crippen LogP contribution in [-0.2, 0) is 11.2 Å². The lowest BCUT2D eigenvalue weighted by atomic mass is 10.1. The van der Waals surface area contributed by atoms with E-state index in [1.165, 1.54) is 10.9 Å². The number of hydrogen-bond donors (Lipinski definition) is 1. The third-order valence-corrected chi connectivity index (χ3v) is 3.40. The number of rotatable bonds is 7. The number of furan rings is 1. The van der Waals surface area contributed by atoms with Gasteiger partial charge >= 0.3 is 0 Å². The lowest BCUT2D eigenvalue weighted by Crippen LogP contribution is -2.19. The molecular weight excluding hydrogens is 238 g/mol. The Hall–Kier alpha value is -1.32. The SMILES string of the molecule is CCNC(CC)c1cc2cc(CCOC)ccc2o1. The number of nitrogens with one attached hydrogen (secondary N) is 1. The molecule has 0 amide bonds. The van der Waals surface area contributed by atoms with Gasteiger partial charge < -0.3 is 14.5 Å². The highest BCUT2D eigenvalue weighted by Crippen LogP contribution is 2.26. The molecule has 1 aromatic heterocycles. The highest BCUT2D eigenvalue weighted by molar-refractivity contribution is 5.78. The first-order valence-corrected chi connectivity index (χ1v) is 7.03. The standard InChI is InChI=1S/C16H23NO2/c1-4-14(17-5-2)16-11-13-10-12(8-9-18-3)6-7-15(13)19-16/h6-7,10-11,14,17H,4-5,8-9H2,1-3H3. The molecule has 0 aliphatic heterocycles. The van der Waals surface area contributed by atoms with Gasteiger partial charge in [0.2, 0.25) is 0 Å². The van der Waals surface area contributed by atoms with E-state index in [-0.39, 0.29) is 0 Å². The summed E-state index contributed by atoms with van der Waals surface area (Å²) < 4.78 is 11.1. The molecule has 3 heteroatoms. The number of benzene rings is 1. The van der Waals surface area contributed by atoms with Crippen molar-refractivity contribution in [1.82, 2.24) is 5.32 Å². The Labute approximate surface area is 114 Å². The van der Waals surface area contributed by atoms with Gasteiger partial charge in [0.15, 0.2) is 0 Å². The Balaban J connectivity index is 2.24. The highest BCUT2D eigenvalue weighted by Gasteiger charge is 2.13. The number of ether oxygens (including phenoxy) is 1. The molecule has 1 heterocycles. The summed E-state index contributed by atoms with van der Waals surface area (Å²) in [6.07, 6.45) is 1.97. The third kappa shape index (κ3) is 3.37. The van der Waals surface area contributed by atoms with E-state index in [1.807, 2.05) is 0 Å². The minimum absolute atomic E-state index is 0.305. The van der Waals surface area contributed by atoms with E-state index in [1.54, 1.807) is 7.11 Å². The normalized spacial score (nSPS) is 13.0. The predicted octanol–water partition coefficient (Wildman–Crippen LogP) is 3.68. The van der Waals surface area contributed by atoms with E-state index in [9.17, 15) is 0 Å². The van der Waals surface area contributed by atoms with Crippen LogP contribution in [0.2, 0.25) is 0 Å². The zero-order chi connectivity index (χ0) is 13.7. The summed E-state index contributed by atoms with van der Waals surface area (Å²) in [4.78, 5) is 0. The second-order valence-electron chi connectivity index (χ2n) is 4.78. The van der Waals surface area contributed by atoms with Gasteiger partial charge in [0.05, 0.1) is 12.6 Å². The molecule has 0 radical (unpaired) electrons. The van der Waals surface area contributed by atoms with Crippen LogP contribution in [0.1, 0.15) is 37.6 Å². The van der Waals surface area contributed by atoms with Crippen molar-refractivity contribution in [2.75, 3.05) is 20.3 Å². The first-order chi connectivity index (χ1) is 9.28.